The number of likely N-dealkylation sites (tertiary alicyclic amines) is 2. The molecule has 2 atom stereocenters. The molecule has 2 fully saturated rings. The number of allylic oxidation sites excluding steroid dienone is 2. The van der Waals surface area contributed by atoms with E-state index in [1.807, 2.05) is 11.8 Å². The molecule has 4 heterocycles. The molecule has 2 aromatic rings. The summed E-state index contributed by atoms with van der Waals surface area (Å²) in [4.78, 5) is 34.9. The number of H-pyrrole nitrogens is 1. The summed E-state index contributed by atoms with van der Waals surface area (Å²) in [7, 11) is 0. The van der Waals surface area contributed by atoms with Gasteiger partial charge in [0.1, 0.15) is 0 Å². The summed E-state index contributed by atoms with van der Waals surface area (Å²) in [6.45, 7) is 5.83. The van der Waals surface area contributed by atoms with Crippen LogP contribution in [0.2, 0.25) is 0 Å². The molecule has 1 amide bonds. The zero-order valence-corrected chi connectivity index (χ0v) is 19.2. The van der Waals surface area contributed by atoms with Gasteiger partial charge in [-0.1, -0.05) is 12.2 Å². The van der Waals surface area contributed by atoms with E-state index in [2.05, 4.69) is 28.2 Å². The van der Waals surface area contributed by atoms with Gasteiger partial charge in [0, 0.05) is 43.4 Å². The molecule has 172 valence electrons. The number of rotatable bonds is 6. The van der Waals surface area contributed by atoms with Crippen molar-refractivity contribution >= 4 is 11.6 Å². The van der Waals surface area contributed by atoms with Crippen molar-refractivity contribution in [2.75, 3.05) is 26.2 Å². The number of hydrogen-bond donors (Lipinski definition) is 1. The fourth-order valence-corrected chi connectivity index (χ4v) is 5.75. The van der Waals surface area contributed by atoms with Gasteiger partial charge in [-0.15, -0.1) is 0 Å². The van der Waals surface area contributed by atoms with Crippen LogP contribution in [0.4, 0.5) is 0 Å². The summed E-state index contributed by atoms with van der Waals surface area (Å²) in [5, 5.41) is 3.37. The van der Waals surface area contributed by atoms with Crippen LogP contribution in [-0.2, 0) is 11.2 Å². The lowest BCUT2D eigenvalue weighted by atomic mass is 9.93. The topological polar surface area (TPSA) is 73.7 Å². The zero-order valence-electron chi connectivity index (χ0n) is 19.2. The Morgan fingerprint density at radius 3 is 2.78 bits per heavy atom. The van der Waals surface area contributed by atoms with E-state index in [0.717, 1.165) is 62.7 Å². The van der Waals surface area contributed by atoms with Crippen molar-refractivity contribution in [1.82, 2.24) is 24.4 Å². The Morgan fingerprint density at radius 1 is 1.16 bits per heavy atom. The molecular formula is C25H35N5O2. The Kier molecular flexibility index (Phi) is 6.17. The smallest absolute Gasteiger partial charge is 0.276 e. The molecule has 0 radical (unpaired) electrons. The second kappa shape index (κ2) is 9.22. The number of amides is 1. The molecule has 7 nitrogen and oxygen atoms in total. The molecule has 1 N–H and O–H groups in total. The molecule has 3 aliphatic rings. The van der Waals surface area contributed by atoms with Gasteiger partial charge < -0.3 is 4.90 Å². The number of aromatic nitrogens is 3. The molecular weight excluding hydrogens is 402 g/mol. The first kappa shape index (κ1) is 21.4. The molecule has 1 aliphatic carbocycles. The van der Waals surface area contributed by atoms with Crippen molar-refractivity contribution in [3.05, 3.63) is 45.5 Å². The van der Waals surface area contributed by atoms with E-state index in [1.54, 1.807) is 4.52 Å². The Hall–Kier alpha value is -2.41. The standard InChI is InChI=1S/C25H35N5O2/c1-18-20(11-12-24(31)28-13-5-6-14-28)25(32)30-23(26-18)16-21(27-30)22-10-7-15-29(22)17-19-8-3-2-4-9-19/h2-3,16,19,22,27H,4-15,17H2,1H3/t19-,22+/m1/s1. The molecule has 0 spiro atoms. The second-order valence-corrected chi connectivity index (χ2v) is 9.78. The lowest BCUT2D eigenvalue weighted by Crippen LogP contribution is -2.30. The summed E-state index contributed by atoms with van der Waals surface area (Å²) in [5.74, 6) is 0.880. The lowest BCUT2D eigenvalue weighted by molar-refractivity contribution is -0.130. The van der Waals surface area contributed by atoms with E-state index in [-0.39, 0.29) is 11.5 Å². The molecule has 2 saturated heterocycles. The van der Waals surface area contributed by atoms with Crippen molar-refractivity contribution in [3.63, 3.8) is 0 Å². The fraction of sp³-hybridized carbons (Fsp3) is 0.640. The monoisotopic (exact) mass is 437 g/mol. The van der Waals surface area contributed by atoms with Crippen molar-refractivity contribution in [1.29, 1.82) is 0 Å². The predicted octanol–water partition coefficient (Wildman–Crippen LogP) is 3.38. The highest BCUT2D eigenvalue weighted by molar-refractivity contribution is 5.76. The third kappa shape index (κ3) is 4.27. The average molecular weight is 438 g/mol. The van der Waals surface area contributed by atoms with Gasteiger partial charge in [0.25, 0.3) is 5.56 Å². The number of nitrogens with zero attached hydrogens (tertiary/aromatic N) is 4. The van der Waals surface area contributed by atoms with Gasteiger partial charge in [-0.3, -0.25) is 19.6 Å². The highest BCUT2D eigenvalue weighted by Gasteiger charge is 2.30. The SMILES string of the molecule is Cc1nc2cc([C@@H]3CCCN3C[C@@H]3CC=CCC3)[nH]n2c(=O)c1CCC(=O)N1CCCC1. The Balaban J connectivity index is 1.34. The number of carbonyl (C=O) groups excluding carboxylic acids is 1. The van der Waals surface area contributed by atoms with Crippen molar-refractivity contribution in [2.45, 2.75) is 70.8 Å². The van der Waals surface area contributed by atoms with Gasteiger partial charge in [0.15, 0.2) is 5.65 Å². The summed E-state index contributed by atoms with van der Waals surface area (Å²) in [6.07, 6.45) is 13.6. The van der Waals surface area contributed by atoms with Crippen molar-refractivity contribution in [2.24, 2.45) is 5.92 Å². The maximum atomic E-state index is 13.3. The van der Waals surface area contributed by atoms with Crippen LogP contribution in [0.5, 0.6) is 0 Å². The maximum Gasteiger partial charge on any atom is 0.276 e. The fourth-order valence-electron chi connectivity index (χ4n) is 5.75. The number of aryl methyl sites for hydroxylation is 1. The van der Waals surface area contributed by atoms with Gasteiger partial charge >= 0.3 is 0 Å². The lowest BCUT2D eigenvalue weighted by Gasteiger charge is -2.29. The van der Waals surface area contributed by atoms with E-state index in [0.29, 0.717) is 30.1 Å². The molecule has 0 bridgehead atoms. The summed E-state index contributed by atoms with van der Waals surface area (Å²) < 4.78 is 1.60. The molecule has 2 aliphatic heterocycles. The molecule has 7 heteroatoms. The van der Waals surface area contributed by atoms with E-state index >= 15 is 0 Å². The molecule has 0 unspecified atom stereocenters. The predicted molar refractivity (Wildman–Crippen MR) is 125 cm³/mol. The quantitative estimate of drug-likeness (QED) is 0.703. The third-order valence-electron chi connectivity index (χ3n) is 7.58. The van der Waals surface area contributed by atoms with Gasteiger partial charge in [-0.2, -0.15) is 0 Å². The first-order valence-corrected chi connectivity index (χ1v) is 12.4. The van der Waals surface area contributed by atoms with E-state index in [9.17, 15) is 9.59 Å². The van der Waals surface area contributed by atoms with Crippen molar-refractivity contribution in [3.8, 4) is 0 Å². The largest absolute Gasteiger partial charge is 0.343 e. The third-order valence-corrected chi connectivity index (χ3v) is 7.58. The van der Waals surface area contributed by atoms with Crippen LogP contribution in [0.1, 0.15) is 74.4 Å². The Labute approximate surface area is 189 Å². The van der Waals surface area contributed by atoms with Crippen molar-refractivity contribution < 1.29 is 4.79 Å². The van der Waals surface area contributed by atoms with Gasteiger partial charge in [-0.25, -0.2) is 9.50 Å². The summed E-state index contributed by atoms with van der Waals surface area (Å²) >= 11 is 0. The minimum atomic E-state index is -0.0602. The second-order valence-electron chi connectivity index (χ2n) is 9.78. The molecule has 5 rings (SSSR count). The zero-order chi connectivity index (χ0) is 22.1. The first-order valence-electron chi connectivity index (χ1n) is 12.4. The van der Waals surface area contributed by atoms with Gasteiger partial charge in [0.2, 0.25) is 5.91 Å². The molecule has 2 aromatic heterocycles. The van der Waals surface area contributed by atoms with E-state index in [1.165, 1.54) is 25.7 Å². The van der Waals surface area contributed by atoms with Crippen LogP contribution in [0.15, 0.2) is 23.0 Å². The maximum absolute atomic E-state index is 13.3. The number of aromatic amines is 1. The summed E-state index contributed by atoms with van der Waals surface area (Å²) in [6, 6.07) is 2.37. The highest BCUT2D eigenvalue weighted by Crippen LogP contribution is 2.33. The molecule has 0 aromatic carbocycles. The number of fused-ring (bicyclic) bond motifs is 1. The van der Waals surface area contributed by atoms with Crippen LogP contribution in [0.3, 0.4) is 0 Å². The van der Waals surface area contributed by atoms with E-state index < -0.39 is 0 Å². The number of carbonyl (C=O) groups is 1. The van der Waals surface area contributed by atoms with Crippen LogP contribution < -0.4 is 5.56 Å². The number of hydrogen-bond acceptors (Lipinski definition) is 4. The van der Waals surface area contributed by atoms with Crippen LogP contribution in [-0.4, -0.2) is 56.5 Å². The molecule has 32 heavy (non-hydrogen) atoms. The Morgan fingerprint density at radius 2 is 2.00 bits per heavy atom. The normalized spacial score (nSPS) is 24.1. The number of nitrogens with one attached hydrogen (secondary N) is 1. The van der Waals surface area contributed by atoms with Crippen LogP contribution in [0.25, 0.3) is 5.65 Å². The van der Waals surface area contributed by atoms with E-state index in [4.69, 9.17) is 4.98 Å². The minimum Gasteiger partial charge on any atom is -0.343 e. The first-order chi connectivity index (χ1) is 15.6. The highest BCUT2D eigenvalue weighted by atomic mass is 16.2. The minimum absolute atomic E-state index is 0.0602. The van der Waals surface area contributed by atoms with Gasteiger partial charge in [-0.05, 0) is 70.8 Å². The van der Waals surface area contributed by atoms with Gasteiger partial charge in [0.05, 0.1) is 11.7 Å². The average Bonchev–Trinajstić information content (AvgIpc) is 3.55. The molecule has 0 saturated carbocycles. The van der Waals surface area contributed by atoms with Crippen LogP contribution in [0, 0.1) is 12.8 Å². The summed E-state index contributed by atoms with van der Waals surface area (Å²) in [5.41, 5.74) is 3.11. The van der Waals surface area contributed by atoms with Crippen LogP contribution >= 0.6 is 0 Å². The Bertz CT molecular complexity index is 1060.